The Labute approximate surface area is 150 Å². The highest BCUT2D eigenvalue weighted by molar-refractivity contribution is 5.94. The molecule has 134 valence electrons. The van der Waals surface area contributed by atoms with Gasteiger partial charge >= 0.3 is 5.63 Å². The summed E-state index contributed by atoms with van der Waals surface area (Å²) in [6, 6.07) is 14.2. The van der Waals surface area contributed by atoms with E-state index in [1.165, 1.54) is 30.3 Å². The summed E-state index contributed by atoms with van der Waals surface area (Å²) in [4.78, 5) is 25.5. The lowest BCUT2D eigenvalue weighted by atomic mass is 10.2. The van der Waals surface area contributed by atoms with Gasteiger partial charge in [-0.2, -0.15) is 0 Å². The molecule has 1 amide bonds. The molecular weight excluding hydrogens is 335 g/mol. The molecule has 2 aromatic carbocycles. The van der Waals surface area contributed by atoms with Crippen LogP contribution in [0.25, 0.3) is 11.0 Å². The Morgan fingerprint density at radius 1 is 1.15 bits per heavy atom. The maximum absolute atomic E-state index is 12.9. The number of nitrogens with zero attached hydrogens (tertiary/aromatic N) is 1. The van der Waals surface area contributed by atoms with Crippen molar-refractivity contribution in [3.63, 3.8) is 0 Å². The molecule has 0 aliphatic heterocycles. The fourth-order valence-corrected chi connectivity index (χ4v) is 2.71. The van der Waals surface area contributed by atoms with E-state index < -0.39 is 5.63 Å². The normalized spacial score (nSPS) is 10.7. The molecular formula is C20H19FN2O3. The Morgan fingerprint density at radius 3 is 2.65 bits per heavy atom. The number of hydrogen-bond acceptors (Lipinski definition) is 4. The maximum Gasteiger partial charge on any atom is 0.338 e. The first-order chi connectivity index (χ1) is 12.5. The van der Waals surface area contributed by atoms with Gasteiger partial charge in [0.15, 0.2) is 0 Å². The minimum atomic E-state index is -0.408. The molecule has 3 aromatic rings. The molecule has 1 aromatic heterocycles. The molecule has 0 spiro atoms. The maximum atomic E-state index is 12.9. The lowest BCUT2D eigenvalue weighted by Crippen LogP contribution is -2.28. The SMILES string of the molecule is CN(CCCNc1cc(=O)oc2ccccc12)C(=O)c1ccc(F)cc1. The van der Waals surface area contributed by atoms with Crippen molar-refractivity contribution in [2.24, 2.45) is 0 Å². The second kappa shape index (κ2) is 7.82. The second-order valence-electron chi connectivity index (χ2n) is 5.99. The summed E-state index contributed by atoms with van der Waals surface area (Å²) in [6.45, 7) is 1.12. The van der Waals surface area contributed by atoms with Gasteiger partial charge in [0, 0.05) is 37.2 Å². The van der Waals surface area contributed by atoms with Crippen molar-refractivity contribution in [3.05, 3.63) is 76.4 Å². The lowest BCUT2D eigenvalue weighted by molar-refractivity contribution is 0.0794. The van der Waals surface area contributed by atoms with Crippen molar-refractivity contribution < 1.29 is 13.6 Å². The van der Waals surface area contributed by atoms with E-state index in [1.54, 1.807) is 18.0 Å². The molecule has 0 bridgehead atoms. The quantitative estimate of drug-likeness (QED) is 0.544. The van der Waals surface area contributed by atoms with Crippen LogP contribution in [0, 0.1) is 5.82 Å². The van der Waals surface area contributed by atoms with E-state index in [4.69, 9.17) is 4.42 Å². The van der Waals surface area contributed by atoms with Crippen LogP contribution in [-0.4, -0.2) is 30.9 Å². The molecule has 26 heavy (non-hydrogen) atoms. The van der Waals surface area contributed by atoms with Crippen LogP contribution in [-0.2, 0) is 0 Å². The van der Waals surface area contributed by atoms with Gasteiger partial charge in [0.05, 0.1) is 5.69 Å². The zero-order valence-electron chi connectivity index (χ0n) is 14.4. The number of carbonyl (C=O) groups is 1. The minimum Gasteiger partial charge on any atom is -0.423 e. The van der Waals surface area contributed by atoms with Crippen molar-refractivity contribution in [2.45, 2.75) is 6.42 Å². The number of amides is 1. The lowest BCUT2D eigenvalue weighted by Gasteiger charge is -2.17. The summed E-state index contributed by atoms with van der Waals surface area (Å²) in [6.07, 6.45) is 0.692. The summed E-state index contributed by atoms with van der Waals surface area (Å²) in [5.74, 6) is -0.524. The molecule has 5 nitrogen and oxygen atoms in total. The molecule has 3 rings (SSSR count). The highest BCUT2D eigenvalue weighted by Crippen LogP contribution is 2.20. The predicted octanol–water partition coefficient (Wildman–Crippen LogP) is 3.51. The van der Waals surface area contributed by atoms with Gasteiger partial charge in [-0.3, -0.25) is 4.79 Å². The molecule has 0 aliphatic carbocycles. The molecule has 0 atom stereocenters. The number of halogens is 1. The Hall–Kier alpha value is -3.15. The van der Waals surface area contributed by atoms with Crippen molar-refractivity contribution in [3.8, 4) is 0 Å². The summed E-state index contributed by atoms with van der Waals surface area (Å²) in [5, 5.41) is 4.06. The average molecular weight is 354 g/mol. The number of carbonyl (C=O) groups excluding carboxylic acids is 1. The predicted molar refractivity (Wildman–Crippen MR) is 99.0 cm³/mol. The summed E-state index contributed by atoms with van der Waals surface area (Å²) < 4.78 is 18.1. The van der Waals surface area contributed by atoms with Crippen molar-refractivity contribution in [1.29, 1.82) is 0 Å². The van der Waals surface area contributed by atoms with E-state index in [-0.39, 0.29) is 11.7 Å². The molecule has 0 radical (unpaired) electrons. The fraction of sp³-hybridized carbons (Fsp3) is 0.200. The Kier molecular flexibility index (Phi) is 5.31. The van der Waals surface area contributed by atoms with Crippen LogP contribution >= 0.6 is 0 Å². The summed E-state index contributed by atoms with van der Waals surface area (Å²) >= 11 is 0. The van der Waals surface area contributed by atoms with Gasteiger partial charge in [0.25, 0.3) is 5.91 Å². The number of anilines is 1. The van der Waals surface area contributed by atoms with Crippen molar-refractivity contribution in [2.75, 3.05) is 25.5 Å². The van der Waals surface area contributed by atoms with Gasteiger partial charge in [0.2, 0.25) is 0 Å². The molecule has 0 saturated carbocycles. The van der Waals surface area contributed by atoms with Crippen LogP contribution in [0.2, 0.25) is 0 Å². The van der Waals surface area contributed by atoms with Crippen LogP contribution in [0.1, 0.15) is 16.8 Å². The zero-order valence-corrected chi connectivity index (χ0v) is 14.4. The standard InChI is InChI=1S/C20H19FN2O3/c1-23(20(25)14-7-9-15(21)10-8-14)12-4-11-22-17-13-19(24)26-18-6-3-2-5-16(17)18/h2-3,5-10,13,22H,4,11-12H2,1H3. The first-order valence-corrected chi connectivity index (χ1v) is 8.32. The van der Waals surface area contributed by atoms with Crippen LogP contribution in [0.3, 0.4) is 0 Å². The van der Waals surface area contributed by atoms with E-state index in [0.29, 0.717) is 36.3 Å². The molecule has 0 unspecified atom stereocenters. The minimum absolute atomic E-state index is 0.157. The topological polar surface area (TPSA) is 62.6 Å². The largest absolute Gasteiger partial charge is 0.423 e. The van der Waals surface area contributed by atoms with E-state index in [9.17, 15) is 14.0 Å². The zero-order chi connectivity index (χ0) is 18.5. The van der Waals surface area contributed by atoms with Crippen LogP contribution in [0.5, 0.6) is 0 Å². The Balaban J connectivity index is 1.56. The third-order valence-electron chi connectivity index (χ3n) is 4.07. The van der Waals surface area contributed by atoms with Crippen molar-refractivity contribution in [1.82, 2.24) is 4.90 Å². The van der Waals surface area contributed by atoms with E-state index in [0.717, 1.165) is 5.39 Å². The summed E-state index contributed by atoms with van der Waals surface area (Å²) in [5.41, 5.74) is 1.29. The van der Waals surface area contributed by atoms with Gasteiger partial charge in [-0.25, -0.2) is 9.18 Å². The third-order valence-corrected chi connectivity index (χ3v) is 4.07. The number of para-hydroxylation sites is 1. The van der Waals surface area contributed by atoms with Crippen LogP contribution in [0.15, 0.2) is 63.8 Å². The highest BCUT2D eigenvalue weighted by atomic mass is 19.1. The molecule has 0 saturated heterocycles. The van der Waals surface area contributed by atoms with Crippen molar-refractivity contribution >= 4 is 22.6 Å². The number of hydrogen-bond donors (Lipinski definition) is 1. The number of benzene rings is 2. The van der Waals surface area contributed by atoms with E-state index in [2.05, 4.69) is 5.32 Å². The van der Waals surface area contributed by atoms with Gasteiger partial charge in [0.1, 0.15) is 11.4 Å². The van der Waals surface area contributed by atoms with Gasteiger partial charge in [-0.1, -0.05) is 12.1 Å². The molecule has 1 heterocycles. The number of rotatable bonds is 6. The second-order valence-corrected chi connectivity index (χ2v) is 5.99. The molecule has 0 aliphatic rings. The monoisotopic (exact) mass is 354 g/mol. The first kappa shape index (κ1) is 17.7. The van der Waals surface area contributed by atoms with E-state index in [1.807, 2.05) is 18.2 Å². The Morgan fingerprint density at radius 2 is 1.88 bits per heavy atom. The molecule has 0 fully saturated rings. The molecule has 1 N–H and O–H groups in total. The molecule has 6 heteroatoms. The van der Waals surface area contributed by atoms with Gasteiger partial charge < -0.3 is 14.6 Å². The first-order valence-electron chi connectivity index (χ1n) is 8.32. The average Bonchev–Trinajstić information content (AvgIpc) is 2.64. The van der Waals surface area contributed by atoms with E-state index >= 15 is 0 Å². The summed E-state index contributed by atoms with van der Waals surface area (Å²) in [7, 11) is 1.71. The Bertz CT molecular complexity index is 967. The van der Waals surface area contributed by atoms with Gasteiger partial charge in [-0.15, -0.1) is 0 Å². The smallest absolute Gasteiger partial charge is 0.338 e. The van der Waals surface area contributed by atoms with Crippen LogP contribution < -0.4 is 10.9 Å². The third kappa shape index (κ3) is 4.08. The number of fused-ring (bicyclic) bond motifs is 1. The highest BCUT2D eigenvalue weighted by Gasteiger charge is 2.11. The number of nitrogens with one attached hydrogen (secondary N) is 1. The van der Waals surface area contributed by atoms with Gasteiger partial charge in [-0.05, 0) is 42.8 Å². The fourth-order valence-electron chi connectivity index (χ4n) is 2.71. The van der Waals surface area contributed by atoms with Crippen LogP contribution in [0.4, 0.5) is 10.1 Å².